The van der Waals surface area contributed by atoms with E-state index >= 15 is 0 Å². The predicted molar refractivity (Wildman–Crippen MR) is 137 cm³/mol. The van der Waals surface area contributed by atoms with E-state index in [0.717, 1.165) is 47.0 Å². The summed E-state index contributed by atoms with van der Waals surface area (Å²) in [6.07, 6.45) is 3.45. The van der Waals surface area contributed by atoms with Crippen LogP contribution in [0.5, 0.6) is 11.5 Å². The van der Waals surface area contributed by atoms with Crippen molar-refractivity contribution in [1.82, 2.24) is 4.98 Å². The molecule has 3 rings (SSSR count). The van der Waals surface area contributed by atoms with E-state index in [1.165, 1.54) is 4.88 Å². The highest BCUT2D eigenvalue weighted by atomic mass is 32.2. The number of thiazole rings is 1. The molecule has 0 fully saturated rings. The summed E-state index contributed by atoms with van der Waals surface area (Å²) in [5.74, 6) is 1.68. The molecule has 0 aliphatic rings. The summed E-state index contributed by atoms with van der Waals surface area (Å²) < 4.78 is 14.9. The number of aliphatic hydroxyl groups is 1. The summed E-state index contributed by atoms with van der Waals surface area (Å²) in [5, 5.41) is 22.0. The molecule has 2 aromatic carbocycles. The molecule has 1 atom stereocenters. The van der Waals surface area contributed by atoms with E-state index in [4.69, 9.17) is 25.4 Å². The number of hydrogen-bond donors (Lipinski definition) is 4. The zero-order valence-corrected chi connectivity index (χ0v) is 20.5. The Morgan fingerprint density at radius 2 is 1.59 bits per heavy atom. The van der Waals surface area contributed by atoms with Crippen LogP contribution in [-0.4, -0.2) is 48.0 Å². The summed E-state index contributed by atoms with van der Waals surface area (Å²) in [4.78, 5) is 5.96. The van der Waals surface area contributed by atoms with E-state index in [2.05, 4.69) is 16.8 Å². The van der Waals surface area contributed by atoms with Gasteiger partial charge in [-0.3, -0.25) is 0 Å². The van der Waals surface area contributed by atoms with Crippen molar-refractivity contribution in [3.05, 3.63) is 64.0 Å². The number of benzene rings is 2. The molecule has 182 valence electrons. The number of nitrogens with two attached hydrogens (primary N) is 1. The van der Waals surface area contributed by atoms with Crippen molar-refractivity contribution in [2.24, 2.45) is 10.9 Å². The van der Waals surface area contributed by atoms with Crippen molar-refractivity contribution in [2.45, 2.75) is 32.6 Å². The van der Waals surface area contributed by atoms with E-state index in [1.807, 2.05) is 31.3 Å². The van der Waals surface area contributed by atoms with Gasteiger partial charge in [0.1, 0.15) is 17.2 Å². The minimum Gasteiger partial charge on any atom is -0.494 e. The Bertz CT molecular complexity index is 1070. The highest BCUT2D eigenvalue weighted by Gasteiger charge is 2.25. The Hall–Kier alpha value is -3.14. The third-order valence-electron chi connectivity index (χ3n) is 5.35. The van der Waals surface area contributed by atoms with Crippen LogP contribution in [0.1, 0.15) is 34.7 Å². The largest absolute Gasteiger partial charge is 0.494 e. The minimum absolute atomic E-state index is 0.0791. The monoisotopic (exact) mass is 485 g/mol. The van der Waals surface area contributed by atoms with Gasteiger partial charge in [0.15, 0.2) is 10.7 Å². The Balaban J connectivity index is 1.38. The molecule has 34 heavy (non-hydrogen) atoms. The predicted octanol–water partition coefficient (Wildman–Crippen LogP) is 4.24. The molecule has 5 N–H and O–H groups in total. The van der Waals surface area contributed by atoms with Gasteiger partial charge >= 0.3 is 0 Å². The molecule has 0 radical (unpaired) electrons. The fraction of sp³-hybridized carbons (Fsp3) is 0.360. The lowest BCUT2D eigenvalue weighted by atomic mass is 10.1. The van der Waals surface area contributed by atoms with Gasteiger partial charge in [0.2, 0.25) is 0 Å². The molecule has 3 aromatic rings. The first-order valence-electron chi connectivity index (χ1n) is 11.3. The fourth-order valence-electron chi connectivity index (χ4n) is 3.56. The van der Waals surface area contributed by atoms with Crippen LogP contribution in [0.25, 0.3) is 11.3 Å². The third kappa shape index (κ3) is 6.69. The van der Waals surface area contributed by atoms with E-state index < -0.39 is 0 Å². The topological polar surface area (TPSA) is 122 Å². The Labute approximate surface area is 203 Å². The summed E-state index contributed by atoms with van der Waals surface area (Å²) in [7, 11) is 1.71. The molecule has 0 bridgehead atoms. The van der Waals surface area contributed by atoms with Crippen LogP contribution < -0.4 is 19.9 Å². The summed E-state index contributed by atoms with van der Waals surface area (Å²) >= 11 is 0. The van der Waals surface area contributed by atoms with Crippen LogP contribution in [0.15, 0.2) is 53.7 Å². The highest BCUT2D eigenvalue weighted by molar-refractivity contribution is 7.33. The number of nitrogens with zero attached hydrogens (tertiary/aromatic N) is 2. The molecule has 0 aliphatic carbocycles. The number of nitrogens with one attached hydrogen (secondary N) is 1. The molecule has 8 nitrogen and oxygen atoms in total. The van der Waals surface area contributed by atoms with Gasteiger partial charge in [-0.2, -0.15) is 4.98 Å². The molecule has 1 aromatic heterocycles. The van der Waals surface area contributed by atoms with Crippen molar-refractivity contribution in [1.29, 1.82) is 0 Å². The molecule has 0 amide bonds. The van der Waals surface area contributed by atoms with Gasteiger partial charge in [-0.15, -0.1) is 4.72 Å². The Morgan fingerprint density at radius 1 is 1.00 bits per heavy atom. The zero-order chi connectivity index (χ0) is 24.3. The van der Waals surface area contributed by atoms with Gasteiger partial charge < -0.3 is 25.5 Å². The second-order valence-corrected chi connectivity index (χ2v) is 9.79. The first-order chi connectivity index (χ1) is 16.6. The van der Waals surface area contributed by atoms with Crippen molar-refractivity contribution < 1.29 is 19.8 Å². The van der Waals surface area contributed by atoms with Crippen LogP contribution in [-0.2, 0) is 6.42 Å². The maximum atomic E-state index is 9.30. The van der Waals surface area contributed by atoms with E-state index in [-0.39, 0.29) is 23.1 Å². The fourth-order valence-corrected chi connectivity index (χ4v) is 5.29. The average Bonchev–Trinajstić information content (AvgIpc) is 3.18. The Kier molecular flexibility index (Phi) is 9.69. The van der Waals surface area contributed by atoms with Crippen molar-refractivity contribution in [3.63, 3.8) is 0 Å². The van der Waals surface area contributed by atoms with Crippen LogP contribution in [0, 0.1) is 6.92 Å². The van der Waals surface area contributed by atoms with Crippen LogP contribution in [0.2, 0.25) is 0 Å². The van der Waals surface area contributed by atoms with E-state index in [0.29, 0.717) is 25.2 Å². The highest BCUT2D eigenvalue weighted by Crippen LogP contribution is 2.35. The van der Waals surface area contributed by atoms with Gasteiger partial charge in [-0.1, -0.05) is 5.16 Å². The first kappa shape index (κ1) is 25.5. The lowest BCUT2D eigenvalue weighted by molar-refractivity contribution is 0.279. The first-order valence-corrected chi connectivity index (χ1v) is 12.5. The number of aliphatic hydroxyl groups excluding tert-OH is 1. The lowest BCUT2D eigenvalue weighted by Gasteiger charge is -2.08. The second kappa shape index (κ2) is 12.9. The maximum absolute atomic E-state index is 9.30. The van der Waals surface area contributed by atoms with Crippen molar-refractivity contribution in [3.8, 4) is 22.8 Å². The summed E-state index contributed by atoms with van der Waals surface area (Å²) in [5.41, 5.74) is 8.24. The second-order valence-electron chi connectivity index (χ2n) is 7.69. The van der Waals surface area contributed by atoms with Crippen molar-refractivity contribution >= 4 is 16.5 Å². The number of rotatable bonds is 13. The normalized spacial score (nSPS) is 12.1. The number of amidine groups is 1. The average molecular weight is 486 g/mol. The smallest absolute Gasteiger partial charge is 0.266 e. The van der Waals surface area contributed by atoms with Gasteiger partial charge in [-0.25, -0.2) is 0 Å². The molecule has 1 heterocycles. The van der Waals surface area contributed by atoms with Gasteiger partial charge in [0.05, 0.1) is 36.9 Å². The number of oxime groups is 1. The maximum Gasteiger partial charge on any atom is 0.266 e. The summed E-state index contributed by atoms with van der Waals surface area (Å²) in [6, 6.07) is 15.2. The molecule has 0 saturated heterocycles. The summed E-state index contributed by atoms with van der Waals surface area (Å²) in [6.45, 7) is 3.47. The number of hydrogen-bond acceptors (Lipinski definition) is 7. The minimum atomic E-state index is -0.218. The standard InChI is InChI=1S/C25H32N4O4S/c1-18-24(28-23(14-15-30)34(18)27-2)19-6-10-21(11-7-19)32-16-4-3-5-17-33-22-12-8-20(9-13-22)25(26)29-31/h6-13,27,30H,3-5,14-17H2,1-2H3,(H2-,26,29,31)/p+1. The molecule has 9 heteroatoms. The molecular weight excluding hydrogens is 452 g/mol. The molecule has 0 aliphatic heterocycles. The SMILES string of the molecule is CN[s+]1c(CCO)nc(-c2ccc(OCCCCCOc3ccc(C(N)=NO)cc3)cc2)c1C. The van der Waals surface area contributed by atoms with Crippen molar-refractivity contribution in [2.75, 3.05) is 31.6 Å². The number of aromatic nitrogens is 1. The molecule has 0 saturated carbocycles. The van der Waals surface area contributed by atoms with Gasteiger partial charge in [0.25, 0.3) is 5.01 Å². The lowest BCUT2D eigenvalue weighted by Crippen LogP contribution is -2.12. The molecule has 1 unspecified atom stereocenters. The quantitative estimate of drug-likeness (QED) is 0.0713. The zero-order valence-electron chi connectivity index (χ0n) is 19.7. The van der Waals surface area contributed by atoms with Crippen LogP contribution in [0.4, 0.5) is 0 Å². The number of ether oxygens (including phenoxy) is 2. The van der Waals surface area contributed by atoms with E-state index in [9.17, 15) is 5.11 Å². The van der Waals surface area contributed by atoms with Crippen LogP contribution in [0.3, 0.4) is 0 Å². The Morgan fingerprint density at radius 3 is 2.12 bits per heavy atom. The number of unbranched alkanes of at least 4 members (excludes halogenated alkanes) is 2. The van der Waals surface area contributed by atoms with E-state index in [1.54, 1.807) is 24.3 Å². The molecular formula is C25H33N4O4S+. The van der Waals surface area contributed by atoms with Gasteiger partial charge in [-0.05, 0) is 67.8 Å². The van der Waals surface area contributed by atoms with Gasteiger partial charge in [0, 0.05) is 25.1 Å². The molecule has 0 spiro atoms. The third-order valence-corrected chi connectivity index (χ3v) is 7.33. The van der Waals surface area contributed by atoms with Crippen LogP contribution >= 0.6 is 10.7 Å².